The third-order valence-corrected chi connectivity index (χ3v) is 3.22. The van der Waals surface area contributed by atoms with Crippen molar-refractivity contribution in [2.24, 2.45) is 0 Å². The Kier molecular flexibility index (Phi) is 4.16. The van der Waals surface area contributed by atoms with Gasteiger partial charge in [0, 0.05) is 10.6 Å². The van der Waals surface area contributed by atoms with Gasteiger partial charge in [-0.2, -0.15) is 5.48 Å². The van der Waals surface area contributed by atoms with E-state index in [0.29, 0.717) is 17.1 Å². The predicted octanol–water partition coefficient (Wildman–Crippen LogP) is 3.44. The summed E-state index contributed by atoms with van der Waals surface area (Å²) < 4.78 is 13.4. The van der Waals surface area contributed by atoms with Crippen molar-refractivity contribution in [1.82, 2.24) is 5.48 Å². The topological polar surface area (TPSA) is 21.3 Å². The molecule has 0 saturated heterocycles. The summed E-state index contributed by atoms with van der Waals surface area (Å²) in [6, 6.07) is 4.68. The fraction of sp³-hybridized carbons (Fsp3) is 0.500. The fourth-order valence-electron chi connectivity index (χ4n) is 1.94. The lowest BCUT2D eigenvalue weighted by atomic mass is 10.2. The first kappa shape index (κ1) is 11.8. The molecular weight excluding hydrogens is 229 g/mol. The van der Waals surface area contributed by atoms with Crippen LogP contribution >= 0.6 is 11.6 Å². The van der Waals surface area contributed by atoms with Crippen LogP contribution < -0.4 is 5.48 Å². The Morgan fingerprint density at radius 2 is 2.12 bits per heavy atom. The molecule has 0 spiro atoms. The summed E-state index contributed by atoms with van der Waals surface area (Å²) in [5, 5.41) is 0.433. The number of rotatable bonds is 4. The molecule has 1 aliphatic carbocycles. The van der Waals surface area contributed by atoms with Crippen molar-refractivity contribution in [1.29, 1.82) is 0 Å². The number of hydrogen-bond acceptors (Lipinski definition) is 2. The minimum Gasteiger partial charge on any atom is -0.298 e. The molecule has 0 heterocycles. The first-order valence-electron chi connectivity index (χ1n) is 5.59. The van der Waals surface area contributed by atoms with Gasteiger partial charge in [0.15, 0.2) is 0 Å². The number of hydrogen-bond donors (Lipinski definition) is 1. The molecule has 1 aliphatic rings. The van der Waals surface area contributed by atoms with E-state index in [1.807, 2.05) is 0 Å². The third-order valence-electron chi connectivity index (χ3n) is 2.86. The predicted molar refractivity (Wildman–Crippen MR) is 61.6 cm³/mol. The molecule has 1 saturated carbocycles. The summed E-state index contributed by atoms with van der Waals surface area (Å²) in [7, 11) is 0. The zero-order valence-electron chi connectivity index (χ0n) is 9.01. The third kappa shape index (κ3) is 2.94. The first-order valence-corrected chi connectivity index (χ1v) is 5.96. The van der Waals surface area contributed by atoms with Gasteiger partial charge in [0.1, 0.15) is 5.82 Å². The average molecular weight is 244 g/mol. The Morgan fingerprint density at radius 3 is 2.81 bits per heavy atom. The van der Waals surface area contributed by atoms with E-state index in [1.165, 1.54) is 18.9 Å². The van der Waals surface area contributed by atoms with Crippen molar-refractivity contribution in [3.05, 3.63) is 34.6 Å². The molecule has 0 atom stereocenters. The second-order valence-corrected chi connectivity index (χ2v) is 4.45. The molecule has 0 aromatic heterocycles. The Morgan fingerprint density at radius 1 is 1.38 bits per heavy atom. The van der Waals surface area contributed by atoms with Crippen LogP contribution in [-0.2, 0) is 11.4 Å². The molecule has 16 heavy (non-hydrogen) atoms. The first-order chi connectivity index (χ1) is 7.77. The SMILES string of the molecule is Fc1cccc(Cl)c1CNOC1CCCC1. The highest BCUT2D eigenvalue weighted by Gasteiger charge is 2.15. The van der Waals surface area contributed by atoms with Gasteiger partial charge < -0.3 is 0 Å². The second-order valence-electron chi connectivity index (χ2n) is 4.05. The van der Waals surface area contributed by atoms with Crippen molar-refractivity contribution in [3.63, 3.8) is 0 Å². The summed E-state index contributed by atoms with van der Waals surface area (Å²) in [6.45, 7) is 0.308. The van der Waals surface area contributed by atoms with Crippen LogP contribution in [0.25, 0.3) is 0 Å². The van der Waals surface area contributed by atoms with Gasteiger partial charge in [-0.05, 0) is 25.0 Å². The lowest BCUT2D eigenvalue weighted by molar-refractivity contribution is -0.0247. The van der Waals surface area contributed by atoms with Crippen molar-refractivity contribution in [3.8, 4) is 0 Å². The smallest absolute Gasteiger partial charge is 0.129 e. The van der Waals surface area contributed by atoms with Gasteiger partial charge in [-0.3, -0.25) is 4.84 Å². The Labute approximate surface area is 99.7 Å². The number of benzene rings is 1. The maximum atomic E-state index is 13.4. The van der Waals surface area contributed by atoms with E-state index >= 15 is 0 Å². The van der Waals surface area contributed by atoms with Crippen molar-refractivity contribution in [2.45, 2.75) is 38.3 Å². The zero-order chi connectivity index (χ0) is 11.4. The van der Waals surface area contributed by atoms with E-state index < -0.39 is 0 Å². The standard InChI is InChI=1S/C12H15ClFNO/c13-11-6-3-7-12(14)10(11)8-15-16-9-4-1-2-5-9/h3,6-7,9,15H,1-2,4-5,8H2. The monoisotopic (exact) mass is 243 g/mol. The van der Waals surface area contributed by atoms with Crippen molar-refractivity contribution >= 4 is 11.6 Å². The van der Waals surface area contributed by atoms with Crippen LogP contribution in [-0.4, -0.2) is 6.10 Å². The van der Waals surface area contributed by atoms with E-state index in [0.717, 1.165) is 12.8 Å². The molecule has 0 aliphatic heterocycles. The fourth-order valence-corrected chi connectivity index (χ4v) is 2.17. The van der Waals surface area contributed by atoms with E-state index in [9.17, 15) is 4.39 Å². The Balaban J connectivity index is 1.84. The number of hydroxylamine groups is 1. The van der Waals surface area contributed by atoms with Gasteiger partial charge in [0.2, 0.25) is 0 Å². The quantitative estimate of drug-likeness (QED) is 0.818. The van der Waals surface area contributed by atoms with Crippen LogP contribution in [0.3, 0.4) is 0 Å². The molecule has 1 N–H and O–H groups in total. The van der Waals surface area contributed by atoms with Gasteiger partial charge in [0.25, 0.3) is 0 Å². The lowest BCUT2D eigenvalue weighted by Gasteiger charge is -2.12. The molecule has 1 fully saturated rings. The van der Waals surface area contributed by atoms with Crippen LogP contribution in [0.4, 0.5) is 4.39 Å². The molecule has 2 nitrogen and oxygen atoms in total. The molecule has 0 bridgehead atoms. The molecule has 0 unspecified atom stereocenters. The number of nitrogens with one attached hydrogen (secondary N) is 1. The van der Waals surface area contributed by atoms with Gasteiger partial charge in [-0.15, -0.1) is 0 Å². The molecule has 4 heteroatoms. The number of halogens is 2. The summed E-state index contributed by atoms with van der Waals surface area (Å²) >= 11 is 5.89. The zero-order valence-corrected chi connectivity index (χ0v) is 9.77. The molecule has 1 aromatic rings. The summed E-state index contributed by atoms with van der Waals surface area (Å²) in [5.41, 5.74) is 3.26. The molecular formula is C12H15ClFNO. The Hall–Kier alpha value is -0.640. The highest BCUT2D eigenvalue weighted by Crippen LogP contribution is 2.21. The van der Waals surface area contributed by atoms with Crippen molar-refractivity contribution in [2.75, 3.05) is 0 Å². The second kappa shape index (κ2) is 5.62. The molecule has 2 rings (SSSR count). The van der Waals surface area contributed by atoms with Crippen LogP contribution in [0.15, 0.2) is 18.2 Å². The van der Waals surface area contributed by atoms with Crippen LogP contribution in [0, 0.1) is 5.82 Å². The van der Waals surface area contributed by atoms with E-state index in [4.69, 9.17) is 16.4 Å². The highest BCUT2D eigenvalue weighted by molar-refractivity contribution is 6.31. The lowest BCUT2D eigenvalue weighted by Crippen LogP contribution is -2.22. The average Bonchev–Trinajstić information content (AvgIpc) is 2.75. The summed E-state index contributed by atoms with van der Waals surface area (Å²) in [5.74, 6) is -0.296. The molecule has 0 radical (unpaired) electrons. The largest absolute Gasteiger partial charge is 0.298 e. The molecule has 1 aromatic carbocycles. The minimum atomic E-state index is -0.296. The highest BCUT2D eigenvalue weighted by atomic mass is 35.5. The van der Waals surface area contributed by atoms with Gasteiger partial charge in [0.05, 0.1) is 12.6 Å². The normalized spacial score (nSPS) is 16.9. The Bertz CT molecular complexity index is 333. The van der Waals surface area contributed by atoms with E-state index in [2.05, 4.69) is 5.48 Å². The van der Waals surface area contributed by atoms with Crippen LogP contribution in [0.1, 0.15) is 31.2 Å². The summed E-state index contributed by atoms with van der Waals surface area (Å²) in [4.78, 5) is 5.44. The van der Waals surface area contributed by atoms with Crippen molar-refractivity contribution < 1.29 is 9.23 Å². The maximum absolute atomic E-state index is 13.4. The molecule has 0 amide bonds. The summed E-state index contributed by atoms with van der Waals surface area (Å²) in [6.07, 6.45) is 4.86. The molecule has 88 valence electrons. The van der Waals surface area contributed by atoms with Crippen LogP contribution in [0.5, 0.6) is 0 Å². The van der Waals surface area contributed by atoms with E-state index in [-0.39, 0.29) is 11.9 Å². The van der Waals surface area contributed by atoms with E-state index in [1.54, 1.807) is 12.1 Å². The van der Waals surface area contributed by atoms with Gasteiger partial charge in [-0.1, -0.05) is 30.5 Å². The minimum absolute atomic E-state index is 0.269. The van der Waals surface area contributed by atoms with Gasteiger partial charge in [-0.25, -0.2) is 4.39 Å². The van der Waals surface area contributed by atoms with Gasteiger partial charge >= 0.3 is 0 Å². The van der Waals surface area contributed by atoms with Crippen LogP contribution in [0.2, 0.25) is 5.02 Å². The maximum Gasteiger partial charge on any atom is 0.129 e.